The number of hydrogen-bond donors (Lipinski definition) is 0. The van der Waals surface area contributed by atoms with Crippen molar-refractivity contribution in [2.24, 2.45) is 0 Å². The molecule has 0 fully saturated rings. The molecule has 0 saturated heterocycles. The van der Waals surface area contributed by atoms with Crippen molar-refractivity contribution in [3.05, 3.63) is 0 Å². The molecule has 0 N–H and O–H groups in total. The molecule has 0 aliphatic carbocycles. The molecule has 2 atom stereocenters. The summed E-state index contributed by atoms with van der Waals surface area (Å²) in [5.41, 5.74) is 0. The van der Waals surface area contributed by atoms with E-state index in [-0.39, 0.29) is 25.8 Å². The van der Waals surface area contributed by atoms with Gasteiger partial charge in [-0.25, -0.2) is 0 Å². The summed E-state index contributed by atoms with van der Waals surface area (Å²) in [4.78, 5) is 0. The molecule has 0 aromatic heterocycles. The molecule has 0 aliphatic heterocycles. The van der Waals surface area contributed by atoms with Gasteiger partial charge in [0.2, 0.25) is 0 Å². The van der Waals surface area contributed by atoms with Crippen LogP contribution in [-0.4, -0.2) is 63.8 Å². The first-order valence-corrected chi connectivity index (χ1v) is 32.4. The lowest BCUT2D eigenvalue weighted by Gasteiger charge is -2.41. The van der Waals surface area contributed by atoms with Crippen LogP contribution in [0.4, 0.5) is 0 Å². The van der Waals surface area contributed by atoms with E-state index in [0.29, 0.717) is 26.4 Å². The van der Waals surface area contributed by atoms with Crippen molar-refractivity contribution in [2.45, 2.75) is 375 Å². The Labute approximate surface area is 446 Å². The van der Waals surface area contributed by atoms with Crippen molar-refractivity contribution in [1.29, 1.82) is 0 Å². The van der Waals surface area contributed by atoms with Gasteiger partial charge in [0.1, 0.15) is 25.8 Å². The molecule has 0 bridgehead atoms. The van der Waals surface area contributed by atoms with E-state index >= 15 is 0 Å². The van der Waals surface area contributed by atoms with Crippen LogP contribution in [-0.2, 0) is 33.2 Å². The summed E-state index contributed by atoms with van der Waals surface area (Å²) in [6.07, 6.45) is 55.4. The number of unbranched alkanes of at least 4 members (excludes halogenated alkanes) is 34. The minimum Gasteiger partial charge on any atom is -0.347 e. The third-order valence-corrected chi connectivity index (χ3v) is 14.9. The number of rotatable bonds is 62. The van der Waals surface area contributed by atoms with Crippen molar-refractivity contribution >= 4 is 0 Å². The van der Waals surface area contributed by atoms with Crippen molar-refractivity contribution in [2.75, 3.05) is 40.0 Å². The molecule has 7 nitrogen and oxygen atoms in total. The number of hydrogen-bond acceptors (Lipinski definition) is 7. The zero-order valence-corrected chi connectivity index (χ0v) is 49.8. The van der Waals surface area contributed by atoms with Crippen LogP contribution in [0.3, 0.4) is 0 Å². The third kappa shape index (κ3) is 41.6. The standard InChI is InChI=1S/C64H130O7/c1-9-17-23-29-33-37-41-47-55-68-63(53-45-27-21-13-5,69-56-48-42-38-34-30-24-18-10-2)61(51-15-7)66-59-65-60-67-62(52-16-8)64(54-46-28-22-14-6,70-57-49-43-39-35-31-25-19-11-3)71-58-50-44-40-36-32-26-20-12-4/h61-62H,9-60H2,1-8H3. The molecular weight excluding hydrogens is 881 g/mol. The van der Waals surface area contributed by atoms with Crippen LogP contribution in [0.25, 0.3) is 0 Å². The first-order chi connectivity index (χ1) is 35.0. The molecule has 0 rings (SSSR count). The first-order valence-electron chi connectivity index (χ1n) is 32.4. The monoisotopic (exact) mass is 1010 g/mol. The summed E-state index contributed by atoms with van der Waals surface area (Å²) < 4.78 is 48.3. The van der Waals surface area contributed by atoms with Gasteiger partial charge in [0.15, 0.2) is 11.6 Å². The van der Waals surface area contributed by atoms with Gasteiger partial charge in [-0.1, -0.05) is 287 Å². The molecule has 2 unspecified atom stereocenters. The quantitative estimate of drug-likeness (QED) is 0.0444. The molecule has 71 heavy (non-hydrogen) atoms. The molecule has 0 aromatic carbocycles. The fourth-order valence-electron chi connectivity index (χ4n) is 10.3. The molecule has 7 heteroatoms. The lowest BCUT2D eigenvalue weighted by atomic mass is 9.97. The highest BCUT2D eigenvalue weighted by molar-refractivity contribution is 4.83. The van der Waals surface area contributed by atoms with E-state index in [9.17, 15) is 0 Å². The Morgan fingerprint density at radius 2 is 0.451 bits per heavy atom. The Morgan fingerprint density at radius 3 is 0.676 bits per heavy atom. The molecule has 0 amide bonds. The van der Waals surface area contributed by atoms with Crippen molar-refractivity contribution in [1.82, 2.24) is 0 Å². The number of ether oxygens (including phenoxy) is 7. The fraction of sp³-hybridized carbons (Fsp3) is 1.00. The fourth-order valence-corrected chi connectivity index (χ4v) is 10.3. The van der Waals surface area contributed by atoms with Gasteiger partial charge in [-0.05, 0) is 51.4 Å². The molecule has 0 spiro atoms. The lowest BCUT2D eigenvalue weighted by Crippen LogP contribution is -2.50. The van der Waals surface area contributed by atoms with E-state index in [4.69, 9.17) is 33.2 Å². The second-order valence-electron chi connectivity index (χ2n) is 21.9. The Kier molecular flexibility index (Phi) is 55.7. The molecule has 0 aromatic rings. The highest BCUT2D eigenvalue weighted by Gasteiger charge is 2.43. The summed E-state index contributed by atoms with van der Waals surface area (Å²) in [6, 6.07) is 0. The van der Waals surface area contributed by atoms with E-state index < -0.39 is 11.6 Å². The SMILES string of the molecule is CCCCCCCCCCOC(CCCCCC)(OCCCCCCCCCC)C(CCC)OCOCOC(CCC)C(CCCCCC)(OCCCCCCCCCC)OCCCCCCCCCC. The summed E-state index contributed by atoms with van der Waals surface area (Å²) in [5, 5.41) is 0. The van der Waals surface area contributed by atoms with Gasteiger partial charge in [0.25, 0.3) is 0 Å². The van der Waals surface area contributed by atoms with Crippen LogP contribution in [0.5, 0.6) is 0 Å². The summed E-state index contributed by atoms with van der Waals surface area (Å²) in [6.45, 7) is 21.4. The van der Waals surface area contributed by atoms with Crippen molar-refractivity contribution in [3.63, 3.8) is 0 Å². The van der Waals surface area contributed by atoms with Gasteiger partial charge in [-0.3, -0.25) is 0 Å². The van der Waals surface area contributed by atoms with Crippen LogP contribution < -0.4 is 0 Å². The maximum Gasteiger partial charge on any atom is 0.194 e. The van der Waals surface area contributed by atoms with Crippen molar-refractivity contribution in [3.8, 4) is 0 Å². The normalized spacial score (nSPS) is 13.2. The minimum atomic E-state index is -0.776. The van der Waals surface area contributed by atoms with E-state index in [1.54, 1.807) is 0 Å². The Bertz CT molecular complexity index is 874. The molecule has 0 saturated carbocycles. The average Bonchev–Trinajstić information content (AvgIpc) is 3.38. The Balaban J connectivity index is 6.21. The topological polar surface area (TPSA) is 64.6 Å². The summed E-state index contributed by atoms with van der Waals surface area (Å²) in [7, 11) is 0. The predicted molar refractivity (Wildman–Crippen MR) is 308 cm³/mol. The van der Waals surface area contributed by atoms with E-state index in [2.05, 4.69) is 55.4 Å². The molecule has 428 valence electrons. The molecule has 0 heterocycles. The second-order valence-corrected chi connectivity index (χ2v) is 21.9. The van der Waals surface area contributed by atoms with E-state index in [1.165, 1.54) is 218 Å². The van der Waals surface area contributed by atoms with Crippen LogP contribution in [0.15, 0.2) is 0 Å². The van der Waals surface area contributed by atoms with Gasteiger partial charge >= 0.3 is 0 Å². The summed E-state index contributed by atoms with van der Waals surface area (Å²) >= 11 is 0. The zero-order valence-electron chi connectivity index (χ0n) is 49.8. The van der Waals surface area contributed by atoms with Gasteiger partial charge in [-0.15, -0.1) is 0 Å². The third-order valence-electron chi connectivity index (χ3n) is 14.9. The first kappa shape index (κ1) is 70.7. The minimum absolute atomic E-state index is 0.143. The van der Waals surface area contributed by atoms with Crippen LogP contribution in [0, 0.1) is 0 Å². The van der Waals surface area contributed by atoms with Crippen LogP contribution in [0.2, 0.25) is 0 Å². The maximum atomic E-state index is 7.07. The van der Waals surface area contributed by atoms with Gasteiger partial charge in [0.05, 0.1) is 26.4 Å². The van der Waals surface area contributed by atoms with E-state index in [1.807, 2.05) is 0 Å². The van der Waals surface area contributed by atoms with E-state index in [0.717, 1.165) is 77.0 Å². The molecule has 0 radical (unpaired) electrons. The second kappa shape index (κ2) is 55.9. The van der Waals surface area contributed by atoms with Crippen LogP contribution in [0.1, 0.15) is 351 Å². The Hall–Kier alpha value is -0.280. The van der Waals surface area contributed by atoms with Gasteiger partial charge in [0, 0.05) is 12.8 Å². The highest BCUT2D eigenvalue weighted by Crippen LogP contribution is 2.34. The lowest BCUT2D eigenvalue weighted by molar-refractivity contribution is -0.324. The Morgan fingerprint density at radius 1 is 0.239 bits per heavy atom. The van der Waals surface area contributed by atoms with Crippen LogP contribution >= 0.6 is 0 Å². The smallest absolute Gasteiger partial charge is 0.194 e. The highest BCUT2D eigenvalue weighted by atomic mass is 16.8. The predicted octanol–water partition coefficient (Wildman–Crippen LogP) is 21.3. The van der Waals surface area contributed by atoms with Crippen molar-refractivity contribution < 1.29 is 33.2 Å². The van der Waals surface area contributed by atoms with Gasteiger partial charge < -0.3 is 33.2 Å². The largest absolute Gasteiger partial charge is 0.347 e. The maximum absolute atomic E-state index is 7.07. The zero-order chi connectivity index (χ0) is 51.9. The van der Waals surface area contributed by atoms with Gasteiger partial charge in [-0.2, -0.15) is 0 Å². The average molecular weight is 1010 g/mol. The molecule has 0 aliphatic rings. The summed E-state index contributed by atoms with van der Waals surface area (Å²) in [5.74, 6) is -1.55. The molecular formula is C64H130O7.